The van der Waals surface area contributed by atoms with Crippen molar-refractivity contribution in [3.05, 3.63) is 29.8 Å². The quantitative estimate of drug-likeness (QED) is 0.532. The summed E-state index contributed by atoms with van der Waals surface area (Å²) in [7, 11) is 0. The van der Waals surface area contributed by atoms with E-state index in [4.69, 9.17) is 0 Å². The molecule has 0 saturated heterocycles. The topological polar surface area (TPSA) is 29.1 Å². The lowest BCUT2D eigenvalue weighted by Gasteiger charge is -2.09. The van der Waals surface area contributed by atoms with E-state index >= 15 is 0 Å². The van der Waals surface area contributed by atoms with E-state index in [1.807, 2.05) is 24.3 Å². The Balaban J connectivity index is 2.46. The number of unbranched alkanes of at least 4 members (excludes halogenated alkanes) is 3. The van der Waals surface area contributed by atoms with Gasteiger partial charge in [0, 0.05) is 11.4 Å². The van der Waals surface area contributed by atoms with Gasteiger partial charge in [-0.3, -0.25) is 4.79 Å². The van der Waals surface area contributed by atoms with Crippen molar-refractivity contribution < 1.29 is 4.79 Å². The number of benzene rings is 1. The molecule has 1 N–H and O–H groups in total. The third-order valence-electron chi connectivity index (χ3n) is 2.91. The third-order valence-corrected chi connectivity index (χ3v) is 4.19. The maximum Gasteiger partial charge on any atom is 0.252 e. The zero-order valence-corrected chi connectivity index (χ0v) is 12.9. The molecule has 0 saturated carbocycles. The van der Waals surface area contributed by atoms with Gasteiger partial charge in [-0.2, -0.15) is 0 Å². The minimum Gasteiger partial charge on any atom is -0.352 e. The van der Waals surface area contributed by atoms with E-state index in [0.717, 1.165) is 35.6 Å². The fourth-order valence-electron chi connectivity index (χ4n) is 1.84. The highest BCUT2D eigenvalue weighted by Crippen LogP contribution is 2.23. The van der Waals surface area contributed by atoms with Crippen molar-refractivity contribution in [1.82, 2.24) is 5.32 Å². The summed E-state index contributed by atoms with van der Waals surface area (Å²) >= 11 is 1.76. The molecule has 0 aromatic heterocycles. The smallest absolute Gasteiger partial charge is 0.252 e. The molecule has 0 unspecified atom stereocenters. The Morgan fingerprint density at radius 2 is 1.89 bits per heavy atom. The van der Waals surface area contributed by atoms with Crippen LogP contribution in [0.3, 0.4) is 0 Å². The van der Waals surface area contributed by atoms with Gasteiger partial charge in [0.2, 0.25) is 0 Å². The molecule has 2 nitrogen and oxygen atoms in total. The molecule has 0 spiro atoms. The second-order valence-electron chi connectivity index (χ2n) is 4.66. The van der Waals surface area contributed by atoms with Crippen LogP contribution in [0.15, 0.2) is 29.2 Å². The molecule has 0 bridgehead atoms. The predicted octanol–water partition coefficient (Wildman–Crippen LogP) is 4.50. The van der Waals surface area contributed by atoms with Crippen LogP contribution in [0.2, 0.25) is 0 Å². The van der Waals surface area contributed by atoms with Gasteiger partial charge in [-0.25, -0.2) is 0 Å². The van der Waals surface area contributed by atoms with Crippen molar-refractivity contribution in [3.8, 4) is 0 Å². The van der Waals surface area contributed by atoms with E-state index in [-0.39, 0.29) is 5.91 Å². The Morgan fingerprint density at radius 1 is 1.11 bits per heavy atom. The highest BCUT2D eigenvalue weighted by molar-refractivity contribution is 7.99. The van der Waals surface area contributed by atoms with Crippen LogP contribution >= 0.6 is 11.8 Å². The van der Waals surface area contributed by atoms with Crippen molar-refractivity contribution in [2.45, 2.75) is 50.8 Å². The van der Waals surface area contributed by atoms with E-state index in [1.165, 1.54) is 19.3 Å². The van der Waals surface area contributed by atoms with Crippen LogP contribution in [0.5, 0.6) is 0 Å². The highest BCUT2D eigenvalue weighted by atomic mass is 32.2. The van der Waals surface area contributed by atoms with Crippen LogP contribution in [0, 0.1) is 0 Å². The van der Waals surface area contributed by atoms with Crippen LogP contribution in [0.1, 0.15) is 56.3 Å². The van der Waals surface area contributed by atoms with Crippen molar-refractivity contribution in [2.24, 2.45) is 0 Å². The van der Waals surface area contributed by atoms with E-state index < -0.39 is 0 Å². The molecule has 1 amide bonds. The Labute approximate surface area is 121 Å². The second-order valence-corrected chi connectivity index (χ2v) is 5.80. The average Bonchev–Trinajstić information content (AvgIpc) is 2.45. The van der Waals surface area contributed by atoms with Gasteiger partial charge in [-0.15, -0.1) is 11.8 Å². The SMILES string of the molecule is CCCCCCNC(=O)c1ccccc1SCCC. The third kappa shape index (κ3) is 6.15. The van der Waals surface area contributed by atoms with Gasteiger partial charge in [0.25, 0.3) is 5.91 Å². The highest BCUT2D eigenvalue weighted by Gasteiger charge is 2.10. The molecule has 0 atom stereocenters. The first kappa shape index (κ1) is 16.1. The standard InChI is InChI=1S/C16H25NOS/c1-3-5-6-9-12-17-16(18)14-10-7-8-11-15(14)19-13-4-2/h7-8,10-11H,3-6,9,12-13H2,1-2H3,(H,17,18). The van der Waals surface area contributed by atoms with Gasteiger partial charge in [-0.1, -0.05) is 45.2 Å². The van der Waals surface area contributed by atoms with E-state index in [2.05, 4.69) is 19.2 Å². The van der Waals surface area contributed by atoms with Crippen molar-refractivity contribution in [2.75, 3.05) is 12.3 Å². The van der Waals surface area contributed by atoms with Gasteiger partial charge >= 0.3 is 0 Å². The molecule has 1 aromatic rings. The summed E-state index contributed by atoms with van der Waals surface area (Å²) in [6.45, 7) is 5.13. The molecule has 1 aromatic carbocycles. The monoisotopic (exact) mass is 279 g/mol. The number of hydrogen-bond acceptors (Lipinski definition) is 2. The molecule has 19 heavy (non-hydrogen) atoms. The summed E-state index contributed by atoms with van der Waals surface area (Å²) < 4.78 is 0. The lowest BCUT2D eigenvalue weighted by Crippen LogP contribution is -2.24. The Bertz CT molecular complexity index is 379. The maximum atomic E-state index is 12.1. The fourth-order valence-corrected chi connectivity index (χ4v) is 2.76. The van der Waals surface area contributed by atoms with Gasteiger partial charge < -0.3 is 5.32 Å². The molecule has 1 rings (SSSR count). The molecule has 0 radical (unpaired) electrons. The summed E-state index contributed by atoms with van der Waals surface area (Å²) in [5, 5.41) is 3.02. The predicted molar refractivity (Wildman–Crippen MR) is 83.9 cm³/mol. The number of thioether (sulfide) groups is 1. The lowest BCUT2D eigenvalue weighted by molar-refractivity contribution is 0.0950. The van der Waals surface area contributed by atoms with Crippen LogP contribution in [-0.2, 0) is 0 Å². The number of carbonyl (C=O) groups is 1. The summed E-state index contributed by atoms with van der Waals surface area (Å²) in [5.74, 6) is 1.12. The maximum absolute atomic E-state index is 12.1. The first-order valence-electron chi connectivity index (χ1n) is 7.29. The average molecular weight is 279 g/mol. The fraction of sp³-hybridized carbons (Fsp3) is 0.562. The van der Waals surface area contributed by atoms with Gasteiger partial charge in [0.05, 0.1) is 5.56 Å². The molecular formula is C16H25NOS. The molecule has 0 heterocycles. The summed E-state index contributed by atoms with van der Waals surface area (Å²) in [6.07, 6.45) is 5.87. The molecule has 106 valence electrons. The zero-order valence-electron chi connectivity index (χ0n) is 12.1. The Morgan fingerprint density at radius 3 is 2.63 bits per heavy atom. The van der Waals surface area contributed by atoms with Crippen LogP contribution in [0.25, 0.3) is 0 Å². The van der Waals surface area contributed by atoms with Crippen LogP contribution in [-0.4, -0.2) is 18.2 Å². The minimum atomic E-state index is 0.0655. The number of carbonyl (C=O) groups excluding carboxylic acids is 1. The van der Waals surface area contributed by atoms with Gasteiger partial charge in [-0.05, 0) is 30.7 Å². The molecule has 0 aliphatic carbocycles. The van der Waals surface area contributed by atoms with E-state index in [1.54, 1.807) is 11.8 Å². The largest absolute Gasteiger partial charge is 0.352 e. The van der Waals surface area contributed by atoms with E-state index in [9.17, 15) is 4.79 Å². The summed E-state index contributed by atoms with van der Waals surface area (Å²) in [6, 6.07) is 7.88. The summed E-state index contributed by atoms with van der Waals surface area (Å²) in [4.78, 5) is 13.2. The molecule has 3 heteroatoms. The zero-order chi connectivity index (χ0) is 13.9. The van der Waals surface area contributed by atoms with Crippen LogP contribution in [0.4, 0.5) is 0 Å². The van der Waals surface area contributed by atoms with E-state index in [0.29, 0.717) is 0 Å². The molecular weight excluding hydrogens is 254 g/mol. The Kier molecular flexibility index (Phi) is 8.39. The minimum absolute atomic E-state index is 0.0655. The Hall–Kier alpha value is -0.960. The first-order chi connectivity index (χ1) is 9.29. The van der Waals surface area contributed by atoms with Crippen LogP contribution < -0.4 is 5.32 Å². The summed E-state index contributed by atoms with van der Waals surface area (Å²) in [5.41, 5.74) is 0.816. The number of nitrogens with one attached hydrogen (secondary N) is 1. The molecule has 0 aliphatic rings. The van der Waals surface area contributed by atoms with Gasteiger partial charge in [0.15, 0.2) is 0 Å². The number of hydrogen-bond donors (Lipinski definition) is 1. The van der Waals surface area contributed by atoms with Crippen molar-refractivity contribution in [1.29, 1.82) is 0 Å². The number of amides is 1. The first-order valence-corrected chi connectivity index (χ1v) is 8.28. The van der Waals surface area contributed by atoms with Crippen molar-refractivity contribution in [3.63, 3.8) is 0 Å². The number of rotatable bonds is 9. The van der Waals surface area contributed by atoms with Crippen molar-refractivity contribution >= 4 is 17.7 Å². The lowest BCUT2D eigenvalue weighted by atomic mass is 10.2. The molecule has 0 aliphatic heterocycles. The second kappa shape index (κ2) is 9.90. The normalized spacial score (nSPS) is 10.4. The van der Waals surface area contributed by atoms with Gasteiger partial charge in [0.1, 0.15) is 0 Å². The molecule has 0 fully saturated rings.